The van der Waals surface area contributed by atoms with E-state index >= 15 is 0 Å². The molecule has 1 fully saturated rings. The Labute approximate surface area is 205 Å². The number of unbranched alkanes of at least 4 members (excludes halogenated alkanes) is 4. The van der Waals surface area contributed by atoms with Crippen molar-refractivity contribution in [3.8, 4) is 0 Å². The SMILES string of the molecule is C/C(=C1/SC(=S)[C@@H](CCCCCCCC(=O)O)C1=O)C1CC=C(c2cc(Br)ccc2F)O1. The van der Waals surface area contributed by atoms with Crippen LogP contribution in [-0.2, 0) is 14.3 Å². The Morgan fingerprint density at radius 2 is 2.00 bits per heavy atom. The van der Waals surface area contributed by atoms with Crippen LogP contribution in [0.3, 0.4) is 0 Å². The van der Waals surface area contributed by atoms with Gasteiger partial charge in [-0.3, -0.25) is 9.59 Å². The summed E-state index contributed by atoms with van der Waals surface area (Å²) in [5.74, 6) is -0.800. The van der Waals surface area contributed by atoms with E-state index in [9.17, 15) is 14.0 Å². The van der Waals surface area contributed by atoms with E-state index in [4.69, 9.17) is 22.1 Å². The fourth-order valence-corrected chi connectivity index (χ4v) is 5.84. The first kappa shape index (κ1) is 25.1. The van der Waals surface area contributed by atoms with Crippen LogP contribution in [0, 0.1) is 11.7 Å². The molecule has 4 nitrogen and oxygen atoms in total. The number of ketones is 1. The Kier molecular flexibility index (Phi) is 9.08. The van der Waals surface area contributed by atoms with E-state index in [0.29, 0.717) is 33.3 Å². The molecule has 2 atom stereocenters. The quantitative estimate of drug-likeness (QED) is 0.194. The third kappa shape index (κ3) is 6.29. The molecule has 1 N–H and O–H groups in total. The molecule has 1 aromatic carbocycles. The molecule has 0 aliphatic carbocycles. The minimum absolute atomic E-state index is 0.0639. The van der Waals surface area contributed by atoms with Crippen molar-refractivity contribution in [2.45, 2.75) is 64.4 Å². The molecule has 172 valence electrons. The van der Waals surface area contributed by atoms with Crippen LogP contribution in [0.4, 0.5) is 4.39 Å². The van der Waals surface area contributed by atoms with Crippen LogP contribution >= 0.6 is 39.9 Å². The Hall–Kier alpha value is -1.51. The van der Waals surface area contributed by atoms with Crippen LogP contribution in [0.15, 0.2) is 39.2 Å². The first-order chi connectivity index (χ1) is 15.3. The summed E-state index contributed by atoms with van der Waals surface area (Å²) < 4.78 is 21.7. The molecule has 2 aliphatic heterocycles. The monoisotopic (exact) mass is 540 g/mol. The van der Waals surface area contributed by atoms with Gasteiger partial charge in [0.15, 0.2) is 5.78 Å². The van der Waals surface area contributed by atoms with Gasteiger partial charge < -0.3 is 9.84 Å². The zero-order chi connectivity index (χ0) is 23.3. The zero-order valence-electron chi connectivity index (χ0n) is 17.9. The van der Waals surface area contributed by atoms with Gasteiger partial charge in [0.1, 0.15) is 17.7 Å². The van der Waals surface area contributed by atoms with E-state index in [1.807, 2.05) is 13.0 Å². The Balaban J connectivity index is 1.54. The highest BCUT2D eigenvalue weighted by Gasteiger charge is 2.38. The number of benzene rings is 1. The predicted octanol–water partition coefficient (Wildman–Crippen LogP) is 7.07. The van der Waals surface area contributed by atoms with Crippen LogP contribution in [0.2, 0.25) is 0 Å². The highest BCUT2D eigenvalue weighted by atomic mass is 79.9. The number of rotatable bonds is 10. The minimum Gasteiger partial charge on any atom is -0.485 e. The highest BCUT2D eigenvalue weighted by Crippen LogP contribution is 2.42. The van der Waals surface area contributed by atoms with Crippen LogP contribution in [-0.4, -0.2) is 27.2 Å². The van der Waals surface area contributed by atoms with Crippen molar-refractivity contribution in [1.82, 2.24) is 0 Å². The molecule has 3 rings (SSSR count). The maximum atomic E-state index is 14.2. The average Bonchev–Trinajstić information content (AvgIpc) is 3.34. The molecule has 32 heavy (non-hydrogen) atoms. The number of thioether (sulfide) groups is 1. The molecule has 8 heteroatoms. The topological polar surface area (TPSA) is 63.6 Å². The maximum absolute atomic E-state index is 14.2. The van der Waals surface area contributed by atoms with Crippen molar-refractivity contribution in [2.24, 2.45) is 5.92 Å². The lowest BCUT2D eigenvalue weighted by Crippen LogP contribution is -2.16. The number of carbonyl (C=O) groups excluding carboxylic acids is 1. The molecule has 1 unspecified atom stereocenters. The molecule has 0 bridgehead atoms. The number of ether oxygens (including phenoxy) is 1. The van der Waals surface area contributed by atoms with Crippen molar-refractivity contribution in [2.75, 3.05) is 0 Å². The molecule has 1 saturated heterocycles. The lowest BCUT2D eigenvalue weighted by atomic mass is 9.95. The largest absolute Gasteiger partial charge is 0.485 e. The van der Waals surface area contributed by atoms with Gasteiger partial charge in [-0.25, -0.2) is 4.39 Å². The van der Waals surface area contributed by atoms with Crippen molar-refractivity contribution in [1.29, 1.82) is 0 Å². The number of carboxylic acid groups (broad SMARTS) is 1. The number of allylic oxidation sites excluding steroid dienone is 1. The maximum Gasteiger partial charge on any atom is 0.303 e. The number of aliphatic carboxylic acids is 1. The van der Waals surface area contributed by atoms with E-state index in [0.717, 1.165) is 42.1 Å². The summed E-state index contributed by atoms with van der Waals surface area (Å²) in [4.78, 5) is 24.2. The number of Topliss-reactive ketones (excluding diaryl/α,β-unsaturated/α-hetero) is 1. The Morgan fingerprint density at radius 3 is 2.75 bits per heavy atom. The van der Waals surface area contributed by atoms with Gasteiger partial charge in [0.25, 0.3) is 0 Å². The zero-order valence-corrected chi connectivity index (χ0v) is 21.1. The third-order valence-corrected chi connectivity index (χ3v) is 7.97. The molecule has 2 heterocycles. The number of halogens is 2. The minimum atomic E-state index is -0.756. The number of carbonyl (C=O) groups is 2. The normalized spacial score (nSPS) is 22.2. The van der Waals surface area contributed by atoms with Gasteiger partial charge in [0.2, 0.25) is 0 Å². The van der Waals surface area contributed by atoms with Crippen molar-refractivity contribution in [3.05, 3.63) is 50.6 Å². The van der Waals surface area contributed by atoms with Crippen LogP contribution in [0.5, 0.6) is 0 Å². The van der Waals surface area contributed by atoms with E-state index in [1.165, 1.54) is 17.8 Å². The van der Waals surface area contributed by atoms with Crippen molar-refractivity contribution >= 4 is 61.6 Å². The van der Waals surface area contributed by atoms with Crippen LogP contribution in [0.1, 0.15) is 63.9 Å². The molecule has 2 aliphatic rings. The van der Waals surface area contributed by atoms with E-state index in [2.05, 4.69) is 15.9 Å². The fourth-order valence-electron chi connectivity index (χ4n) is 3.90. The molecule has 1 aromatic rings. The van der Waals surface area contributed by atoms with E-state index in [-0.39, 0.29) is 30.0 Å². The van der Waals surface area contributed by atoms with Gasteiger partial charge in [-0.15, -0.1) is 0 Å². The summed E-state index contributed by atoms with van der Waals surface area (Å²) in [7, 11) is 0. The van der Waals surface area contributed by atoms with Gasteiger partial charge in [0.05, 0.1) is 20.6 Å². The van der Waals surface area contributed by atoms with Gasteiger partial charge >= 0.3 is 5.97 Å². The van der Waals surface area contributed by atoms with Gasteiger partial charge in [-0.2, -0.15) is 0 Å². The summed E-state index contributed by atoms with van der Waals surface area (Å²) >= 11 is 10.2. The molecular weight excluding hydrogens is 515 g/mol. The lowest BCUT2D eigenvalue weighted by molar-refractivity contribution is -0.137. The summed E-state index contributed by atoms with van der Waals surface area (Å²) in [5.41, 5.74) is 1.25. The Bertz CT molecular complexity index is 973. The lowest BCUT2D eigenvalue weighted by Gasteiger charge is -2.16. The molecule has 0 aromatic heterocycles. The molecule has 0 saturated carbocycles. The standard InChI is InChI=1S/C24H26BrFO4S2/c1-14(19-11-12-20(30-19)17-13-15(25)9-10-18(17)26)23-22(29)16(24(31)32-23)7-5-3-2-4-6-8-21(27)28/h9-10,12-13,16,19H,2-8,11H2,1H3,(H,27,28)/b23-14-/t16-,19?/m0/s1. The number of thiocarbonyl (C=S) groups is 1. The Morgan fingerprint density at radius 1 is 1.28 bits per heavy atom. The second kappa shape index (κ2) is 11.6. The smallest absolute Gasteiger partial charge is 0.303 e. The first-order valence-corrected chi connectivity index (χ1v) is 12.8. The summed E-state index contributed by atoms with van der Waals surface area (Å²) in [6.07, 6.45) is 7.48. The van der Waals surface area contributed by atoms with E-state index in [1.54, 1.807) is 12.1 Å². The average molecular weight is 542 g/mol. The summed E-state index contributed by atoms with van der Waals surface area (Å²) in [5, 5.41) is 8.67. The van der Waals surface area contributed by atoms with Gasteiger partial charge in [-0.1, -0.05) is 65.6 Å². The first-order valence-electron chi connectivity index (χ1n) is 10.8. The second-order valence-corrected chi connectivity index (χ2v) is 10.8. The summed E-state index contributed by atoms with van der Waals surface area (Å²) in [6, 6.07) is 4.73. The number of hydrogen-bond donors (Lipinski definition) is 1. The molecule has 0 amide bonds. The number of carboxylic acids is 1. The van der Waals surface area contributed by atoms with Crippen molar-refractivity contribution in [3.63, 3.8) is 0 Å². The van der Waals surface area contributed by atoms with Crippen molar-refractivity contribution < 1.29 is 23.8 Å². The molecular formula is C24H26BrFO4S2. The fraction of sp³-hybridized carbons (Fsp3) is 0.458. The van der Waals surface area contributed by atoms with E-state index < -0.39 is 5.97 Å². The van der Waals surface area contributed by atoms with Crippen LogP contribution < -0.4 is 0 Å². The summed E-state index contributed by atoms with van der Waals surface area (Å²) in [6.45, 7) is 1.90. The molecule has 0 spiro atoms. The number of hydrogen-bond acceptors (Lipinski definition) is 5. The second-order valence-electron chi connectivity index (χ2n) is 8.08. The van der Waals surface area contributed by atoms with Crippen LogP contribution in [0.25, 0.3) is 5.76 Å². The third-order valence-electron chi connectivity index (χ3n) is 5.73. The predicted molar refractivity (Wildman–Crippen MR) is 133 cm³/mol. The van der Waals surface area contributed by atoms with Gasteiger partial charge in [0, 0.05) is 17.3 Å². The highest BCUT2D eigenvalue weighted by molar-refractivity contribution is 9.10. The molecule has 0 radical (unpaired) electrons. The van der Waals surface area contributed by atoms with Gasteiger partial charge in [-0.05, 0) is 49.6 Å².